The van der Waals surface area contributed by atoms with Gasteiger partial charge in [0, 0.05) is 16.0 Å². The Kier molecular flexibility index (Phi) is 3.28. The molecule has 78 valence electrons. The zero-order chi connectivity index (χ0) is 10.7. The second-order valence-electron chi connectivity index (χ2n) is 3.17. The van der Waals surface area contributed by atoms with Gasteiger partial charge in [0.2, 0.25) is 0 Å². The topological polar surface area (TPSA) is 33.1 Å². The highest BCUT2D eigenvalue weighted by Crippen LogP contribution is 2.26. The first-order valence-electron chi connectivity index (χ1n) is 4.57. The lowest BCUT2D eigenvalue weighted by atomic mass is 10.3. The molecule has 0 radical (unpaired) electrons. The minimum Gasteiger partial charge on any atom is -0.508 e. The number of phenols is 1. The van der Waals surface area contributed by atoms with Crippen LogP contribution in [0.25, 0.3) is 0 Å². The van der Waals surface area contributed by atoms with Gasteiger partial charge >= 0.3 is 0 Å². The number of hydrogen-bond acceptors (Lipinski definition) is 4. The average Bonchev–Trinajstić information content (AvgIpc) is 2.62. The fourth-order valence-electron chi connectivity index (χ4n) is 1.19. The molecular formula is C11H11NOS2. The molecule has 0 amide bonds. The maximum Gasteiger partial charge on any atom is 0.116 e. The number of rotatable bonds is 3. The predicted octanol–water partition coefficient (Wildman–Crippen LogP) is 3.45. The summed E-state index contributed by atoms with van der Waals surface area (Å²) in [5.41, 5.74) is 1.08. The first-order chi connectivity index (χ1) is 7.24. The van der Waals surface area contributed by atoms with E-state index in [2.05, 4.69) is 10.4 Å². The van der Waals surface area contributed by atoms with Crippen LogP contribution in [0.3, 0.4) is 0 Å². The molecule has 1 aromatic heterocycles. The maximum absolute atomic E-state index is 9.29. The van der Waals surface area contributed by atoms with Crippen molar-refractivity contribution in [2.45, 2.75) is 17.6 Å². The van der Waals surface area contributed by atoms with Gasteiger partial charge in [0.1, 0.15) is 10.8 Å². The van der Waals surface area contributed by atoms with Crippen LogP contribution >= 0.6 is 23.1 Å². The zero-order valence-corrected chi connectivity index (χ0v) is 9.94. The average molecular weight is 237 g/mol. The molecule has 0 aliphatic heterocycles. The number of thiazole rings is 1. The number of aryl methyl sites for hydroxylation is 1. The van der Waals surface area contributed by atoms with E-state index in [1.54, 1.807) is 35.2 Å². The van der Waals surface area contributed by atoms with Crippen LogP contribution < -0.4 is 0 Å². The summed E-state index contributed by atoms with van der Waals surface area (Å²) in [7, 11) is 0. The van der Waals surface area contributed by atoms with E-state index in [1.807, 2.05) is 19.1 Å². The lowest BCUT2D eigenvalue weighted by molar-refractivity contribution is 0.474. The zero-order valence-electron chi connectivity index (χ0n) is 8.30. The van der Waals surface area contributed by atoms with Gasteiger partial charge in [0.25, 0.3) is 0 Å². The van der Waals surface area contributed by atoms with Crippen molar-refractivity contribution in [2.75, 3.05) is 0 Å². The molecule has 4 heteroatoms. The van der Waals surface area contributed by atoms with Crippen molar-refractivity contribution in [3.05, 3.63) is 40.3 Å². The van der Waals surface area contributed by atoms with Crippen molar-refractivity contribution in [1.29, 1.82) is 0 Å². The molecule has 0 saturated carbocycles. The van der Waals surface area contributed by atoms with Crippen LogP contribution in [-0.2, 0) is 5.75 Å². The molecule has 0 fully saturated rings. The summed E-state index contributed by atoms with van der Waals surface area (Å²) >= 11 is 3.37. The molecule has 2 rings (SSSR count). The van der Waals surface area contributed by atoms with Gasteiger partial charge in [0.15, 0.2) is 0 Å². The van der Waals surface area contributed by atoms with Crippen LogP contribution in [0.15, 0.2) is 34.5 Å². The molecule has 2 nitrogen and oxygen atoms in total. The highest BCUT2D eigenvalue weighted by Gasteiger charge is 2.00. The van der Waals surface area contributed by atoms with E-state index >= 15 is 0 Å². The van der Waals surface area contributed by atoms with Gasteiger partial charge in [0.05, 0.1) is 5.75 Å². The summed E-state index contributed by atoms with van der Waals surface area (Å²) < 4.78 is 0. The fourth-order valence-corrected chi connectivity index (χ4v) is 2.93. The summed E-state index contributed by atoms with van der Waals surface area (Å²) in [5, 5.41) is 12.5. The Morgan fingerprint density at radius 3 is 3.00 bits per heavy atom. The fraction of sp³-hybridized carbons (Fsp3) is 0.182. The number of benzene rings is 1. The molecule has 0 aliphatic rings. The van der Waals surface area contributed by atoms with Crippen molar-refractivity contribution in [3.8, 4) is 5.75 Å². The molecule has 1 N–H and O–H groups in total. The van der Waals surface area contributed by atoms with E-state index in [0.29, 0.717) is 5.75 Å². The highest BCUT2D eigenvalue weighted by atomic mass is 32.2. The van der Waals surface area contributed by atoms with Crippen LogP contribution in [0.5, 0.6) is 5.75 Å². The van der Waals surface area contributed by atoms with Gasteiger partial charge in [-0.05, 0) is 25.1 Å². The molecule has 0 atom stereocenters. The Bertz CT molecular complexity index is 453. The molecule has 0 aliphatic carbocycles. The number of hydrogen-bond donors (Lipinski definition) is 1. The van der Waals surface area contributed by atoms with Crippen LogP contribution in [-0.4, -0.2) is 10.1 Å². The van der Waals surface area contributed by atoms with Gasteiger partial charge in [-0.25, -0.2) is 4.98 Å². The van der Waals surface area contributed by atoms with Crippen molar-refractivity contribution in [1.82, 2.24) is 4.98 Å². The van der Waals surface area contributed by atoms with Gasteiger partial charge in [-0.15, -0.1) is 23.1 Å². The standard InChI is InChI=1S/C11H11NOS2/c1-8-6-15-11(12-8)7-14-10-4-2-3-9(13)5-10/h2-6,13H,7H2,1H3. The summed E-state index contributed by atoms with van der Waals surface area (Å²) in [6.07, 6.45) is 0. The number of aromatic nitrogens is 1. The first-order valence-corrected chi connectivity index (χ1v) is 6.43. The molecule has 2 aromatic rings. The second kappa shape index (κ2) is 4.68. The van der Waals surface area contributed by atoms with Gasteiger partial charge in [-0.1, -0.05) is 6.07 Å². The minimum atomic E-state index is 0.315. The normalized spacial score (nSPS) is 10.5. The SMILES string of the molecule is Cc1csc(CSc2cccc(O)c2)n1. The summed E-state index contributed by atoms with van der Waals surface area (Å²) in [6.45, 7) is 2.00. The Hall–Kier alpha value is -1.00. The summed E-state index contributed by atoms with van der Waals surface area (Å²) in [4.78, 5) is 5.46. The van der Waals surface area contributed by atoms with Crippen LogP contribution in [0.4, 0.5) is 0 Å². The van der Waals surface area contributed by atoms with Crippen molar-refractivity contribution in [2.24, 2.45) is 0 Å². The molecule has 0 saturated heterocycles. The molecular weight excluding hydrogens is 226 g/mol. The first kappa shape index (κ1) is 10.5. The smallest absolute Gasteiger partial charge is 0.116 e. The Labute approximate surface area is 97.0 Å². The van der Waals surface area contributed by atoms with Gasteiger partial charge < -0.3 is 5.11 Å². The summed E-state index contributed by atoms with van der Waals surface area (Å²) in [6, 6.07) is 7.29. The van der Waals surface area contributed by atoms with Crippen LogP contribution in [0.1, 0.15) is 10.7 Å². The number of nitrogens with zero attached hydrogens (tertiary/aromatic N) is 1. The molecule has 15 heavy (non-hydrogen) atoms. The Morgan fingerprint density at radius 1 is 1.47 bits per heavy atom. The quantitative estimate of drug-likeness (QED) is 0.830. The molecule has 0 bridgehead atoms. The molecule has 0 spiro atoms. The van der Waals surface area contributed by atoms with E-state index in [4.69, 9.17) is 0 Å². The lowest BCUT2D eigenvalue weighted by Gasteiger charge is -1.99. The third kappa shape index (κ3) is 2.97. The van der Waals surface area contributed by atoms with Crippen molar-refractivity contribution in [3.63, 3.8) is 0 Å². The third-order valence-electron chi connectivity index (χ3n) is 1.85. The van der Waals surface area contributed by atoms with E-state index in [-0.39, 0.29) is 0 Å². The minimum absolute atomic E-state index is 0.315. The Balaban J connectivity index is 1.99. The van der Waals surface area contributed by atoms with E-state index in [9.17, 15) is 5.11 Å². The molecule has 0 unspecified atom stereocenters. The van der Waals surface area contributed by atoms with Gasteiger partial charge in [-0.3, -0.25) is 0 Å². The number of thioether (sulfide) groups is 1. The van der Waals surface area contributed by atoms with E-state index in [0.717, 1.165) is 21.3 Å². The monoisotopic (exact) mass is 237 g/mol. The predicted molar refractivity (Wildman–Crippen MR) is 64.5 cm³/mol. The third-order valence-corrected chi connectivity index (χ3v) is 4.00. The van der Waals surface area contributed by atoms with E-state index < -0.39 is 0 Å². The van der Waals surface area contributed by atoms with Crippen molar-refractivity contribution >= 4 is 23.1 Å². The number of aromatic hydroxyl groups is 1. The Morgan fingerprint density at radius 2 is 2.33 bits per heavy atom. The van der Waals surface area contributed by atoms with Gasteiger partial charge in [-0.2, -0.15) is 0 Å². The van der Waals surface area contributed by atoms with Crippen LogP contribution in [0.2, 0.25) is 0 Å². The maximum atomic E-state index is 9.29. The van der Waals surface area contributed by atoms with E-state index in [1.165, 1.54) is 0 Å². The largest absolute Gasteiger partial charge is 0.508 e. The number of phenolic OH excluding ortho intramolecular Hbond substituents is 1. The summed E-state index contributed by atoms with van der Waals surface area (Å²) in [5.74, 6) is 1.18. The van der Waals surface area contributed by atoms with Crippen LogP contribution in [0, 0.1) is 6.92 Å². The highest BCUT2D eigenvalue weighted by molar-refractivity contribution is 7.98. The molecule has 1 heterocycles. The lowest BCUT2D eigenvalue weighted by Crippen LogP contribution is -1.79. The second-order valence-corrected chi connectivity index (χ2v) is 5.16. The molecule has 1 aromatic carbocycles. The van der Waals surface area contributed by atoms with Crippen molar-refractivity contribution < 1.29 is 5.11 Å².